The summed E-state index contributed by atoms with van der Waals surface area (Å²) in [5, 5.41) is 3.09. The van der Waals surface area contributed by atoms with Gasteiger partial charge in [-0.1, -0.05) is 6.92 Å². The fourth-order valence-corrected chi connectivity index (χ4v) is 3.90. The lowest BCUT2D eigenvalue weighted by molar-refractivity contribution is -0.121. The number of nitrogens with zero attached hydrogens (tertiary/aromatic N) is 3. The normalized spacial score (nSPS) is 22.5. The Morgan fingerprint density at radius 2 is 2.03 bits per heavy atom. The molecule has 158 valence electrons. The number of carbonyl (C=O) groups is 1. The number of nitrogens with one attached hydrogen (secondary N) is 1. The number of morpholine rings is 1. The third-order valence-electron chi connectivity index (χ3n) is 5.50. The molecular formula is C22H32N4O3. The van der Waals surface area contributed by atoms with E-state index in [0.29, 0.717) is 12.1 Å². The third-order valence-corrected chi connectivity index (χ3v) is 5.50. The summed E-state index contributed by atoms with van der Waals surface area (Å²) in [6, 6.07) is 4.34. The van der Waals surface area contributed by atoms with Crippen molar-refractivity contribution in [3.63, 3.8) is 0 Å². The minimum atomic E-state index is 0.101. The second kappa shape index (κ2) is 10.4. The molecule has 2 aliphatic rings. The average molecular weight is 401 g/mol. The number of hydrogen-bond donors (Lipinski definition) is 1. The van der Waals surface area contributed by atoms with Crippen LogP contribution in [0.4, 0.5) is 17.1 Å². The van der Waals surface area contributed by atoms with Crippen molar-refractivity contribution in [3.05, 3.63) is 12.1 Å². The molecule has 1 aliphatic heterocycles. The summed E-state index contributed by atoms with van der Waals surface area (Å²) in [6.07, 6.45) is 6.05. The highest BCUT2D eigenvalue weighted by molar-refractivity contribution is 5.80. The van der Waals surface area contributed by atoms with Crippen LogP contribution >= 0.6 is 0 Å². The number of aliphatic imine (C=N–C) groups is 2. The van der Waals surface area contributed by atoms with Gasteiger partial charge in [0.2, 0.25) is 5.91 Å². The summed E-state index contributed by atoms with van der Waals surface area (Å²) in [4.78, 5) is 22.6. The van der Waals surface area contributed by atoms with Gasteiger partial charge in [0.15, 0.2) is 0 Å². The maximum atomic E-state index is 11.6. The Kier molecular flexibility index (Phi) is 7.63. The van der Waals surface area contributed by atoms with Crippen LogP contribution in [0.3, 0.4) is 0 Å². The SMILES string of the molecule is C=Nc1c(N=CC)cc(N2CCOCC2)cc1OC1CCC(NC(=O)CC)CC1. The average Bonchev–Trinajstić information content (AvgIpc) is 2.75. The van der Waals surface area contributed by atoms with Crippen LogP contribution in [0.1, 0.15) is 46.0 Å². The van der Waals surface area contributed by atoms with E-state index in [9.17, 15) is 4.79 Å². The number of amides is 1. The van der Waals surface area contributed by atoms with E-state index in [1.54, 1.807) is 6.21 Å². The van der Waals surface area contributed by atoms with Crippen LogP contribution in [0.15, 0.2) is 22.1 Å². The molecule has 1 heterocycles. The Labute approximate surface area is 173 Å². The van der Waals surface area contributed by atoms with E-state index in [2.05, 4.69) is 33.0 Å². The molecule has 1 aromatic rings. The van der Waals surface area contributed by atoms with Gasteiger partial charge in [-0.25, -0.2) is 0 Å². The van der Waals surface area contributed by atoms with Gasteiger partial charge in [-0.15, -0.1) is 0 Å². The van der Waals surface area contributed by atoms with E-state index in [4.69, 9.17) is 9.47 Å². The first-order valence-electron chi connectivity index (χ1n) is 10.6. The highest BCUT2D eigenvalue weighted by Crippen LogP contribution is 2.42. The van der Waals surface area contributed by atoms with Gasteiger partial charge in [0.05, 0.1) is 25.0 Å². The molecular weight excluding hydrogens is 368 g/mol. The Morgan fingerprint density at radius 3 is 2.66 bits per heavy atom. The van der Waals surface area contributed by atoms with E-state index in [0.717, 1.165) is 69.1 Å². The molecule has 29 heavy (non-hydrogen) atoms. The zero-order chi connectivity index (χ0) is 20.6. The molecule has 1 aliphatic carbocycles. The number of benzene rings is 1. The molecule has 0 unspecified atom stereocenters. The van der Waals surface area contributed by atoms with Crippen LogP contribution in [-0.4, -0.2) is 57.3 Å². The van der Waals surface area contributed by atoms with Crippen LogP contribution < -0.4 is 15.0 Å². The van der Waals surface area contributed by atoms with Crippen LogP contribution in [0, 0.1) is 0 Å². The maximum absolute atomic E-state index is 11.6. The van der Waals surface area contributed by atoms with Gasteiger partial charge in [0.1, 0.15) is 11.4 Å². The second-order valence-electron chi connectivity index (χ2n) is 7.47. The van der Waals surface area contributed by atoms with Crippen LogP contribution in [0.5, 0.6) is 5.75 Å². The summed E-state index contributed by atoms with van der Waals surface area (Å²) in [7, 11) is 0. The highest BCUT2D eigenvalue weighted by Gasteiger charge is 2.25. The number of carbonyl (C=O) groups excluding carboxylic acids is 1. The minimum Gasteiger partial charge on any atom is -0.488 e. The van der Waals surface area contributed by atoms with Crippen LogP contribution in [0.25, 0.3) is 0 Å². The first-order valence-corrected chi connectivity index (χ1v) is 10.6. The molecule has 0 aromatic heterocycles. The van der Waals surface area contributed by atoms with Gasteiger partial charge in [-0.3, -0.25) is 14.8 Å². The molecule has 2 fully saturated rings. The molecule has 0 spiro atoms. The quantitative estimate of drug-likeness (QED) is 0.707. The summed E-state index contributed by atoms with van der Waals surface area (Å²) in [5.74, 6) is 0.846. The first kappa shape index (κ1) is 21.3. The molecule has 1 aromatic carbocycles. The number of rotatable bonds is 7. The van der Waals surface area contributed by atoms with Gasteiger partial charge in [0, 0.05) is 43.5 Å². The Bertz CT molecular complexity index is 736. The summed E-state index contributed by atoms with van der Waals surface area (Å²) in [5.41, 5.74) is 2.52. The van der Waals surface area contributed by atoms with Gasteiger partial charge >= 0.3 is 0 Å². The molecule has 1 saturated heterocycles. The van der Waals surface area contributed by atoms with E-state index in [1.165, 1.54) is 0 Å². The fraction of sp³-hybridized carbons (Fsp3) is 0.591. The fourth-order valence-electron chi connectivity index (χ4n) is 3.90. The number of hydrogen-bond acceptors (Lipinski definition) is 6. The van der Waals surface area contributed by atoms with Crippen molar-refractivity contribution in [2.45, 2.75) is 58.1 Å². The zero-order valence-electron chi connectivity index (χ0n) is 17.5. The van der Waals surface area contributed by atoms with Crippen molar-refractivity contribution < 1.29 is 14.3 Å². The maximum Gasteiger partial charge on any atom is 0.219 e. The first-order chi connectivity index (χ1) is 14.1. The largest absolute Gasteiger partial charge is 0.488 e. The Morgan fingerprint density at radius 1 is 1.31 bits per heavy atom. The molecule has 0 radical (unpaired) electrons. The molecule has 1 amide bonds. The summed E-state index contributed by atoms with van der Waals surface area (Å²) < 4.78 is 11.9. The van der Waals surface area contributed by atoms with Crippen LogP contribution in [-0.2, 0) is 9.53 Å². The molecule has 7 nitrogen and oxygen atoms in total. The van der Waals surface area contributed by atoms with E-state index >= 15 is 0 Å². The Hall–Kier alpha value is -2.41. The molecule has 0 bridgehead atoms. The van der Waals surface area contributed by atoms with Crippen LogP contribution in [0.2, 0.25) is 0 Å². The van der Waals surface area contributed by atoms with E-state index in [1.807, 2.05) is 19.9 Å². The minimum absolute atomic E-state index is 0.101. The van der Waals surface area contributed by atoms with Crippen molar-refractivity contribution in [1.82, 2.24) is 5.32 Å². The molecule has 7 heteroatoms. The van der Waals surface area contributed by atoms with Gasteiger partial charge < -0.3 is 19.7 Å². The summed E-state index contributed by atoms with van der Waals surface area (Å²) in [6.45, 7) is 10.6. The molecule has 1 saturated carbocycles. The van der Waals surface area contributed by atoms with Crippen molar-refractivity contribution in [3.8, 4) is 5.75 Å². The Balaban J connectivity index is 1.76. The zero-order valence-corrected chi connectivity index (χ0v) is 17.5. The molecule has 0 atom stereocenters. The predicted octanol–water partition coefficient (Wildman–Crippen LogP) is 3.79. The van der Waals surface area contributed by atoms with E-state index in [-0.39, 0.29) is 18.1 Å². The smallest absolute Gasteiger partial charge is 0.219 e. The molecule has 1 N–H and O–H groups in total. The standard InChI is InChI=1S/C22H32N4O3/c1-4-21(27)25-16-6-8-18(9-7-16)29-20-15-17(26-10-12-28-13-11-26)14-19(24-5-2)22(20)23-3/h5,14-16,18H,3-4,6-13H2,1-2H3,(H,25,27). The van der Waals surface area contributed by atoms with Gasteiger partial charge in [-0.2, -0.15) is 0 Å². The van der Waals surface area contributed by atoms with E-state index < -0.39 is 0 Å². The second-order valence-corrected chi connectivity index (χ2v) is 7.47. The monoisotopic (exact) mass is 400 g/mol. The number of ether oxygens (including phenoxy) is 2. The predicted molar refractivity (Wildman–Crippen MR) is 118 cm³/mol. The van der Waals surface area contributed by atoms with Gasteiger partial charge in [0.25, 0.3) is 0 Å². The molecule has 3 rings (SSSR count). The third kappa shape index (κ3) is 5.56. The van der Waals surface area contributed by atoms with Crippen molar-refractivity contribution in [1.29, 1.82) is 0 Å². The highest BCUT2D eigenvalue weighted by atomic mass is 16.5. The van der Waals surface area contributed by atoms with Crippen molar-refractivity contribution >= 4 is 35.9 Å². The lowest BCUT2D eigenvalue weighted by Crippen LogP contribution is -2.39. The number of anilines is 1. The lowest BCUT2D eigenvalue weighted by Gasteiger charge is -2.32. The summed E-state index contributed by atoms with van der Waals surface area (Å²) >= 11 is 0. The topological polar surface area (TPSA) is 75.5 Å². The van der Waals surface area contributed by atoms with Gasteiger partial charge in [-0.05, 0) is 45.4 Å². The van der Waals surface area contributed by atoms with Crippen molar-refractivity contribution in [2.24, 2.45) is 9.98 Å². The lowest BCUT2D eigenvalue weighted by atomic mass is 9.92. The van der Waals surface area contributed by atoms with Crippen molar-refractivity contribution in [2.75, 3.05) is 31.2 Å².